The standard InChI is InChI=1S/C13H14.C2H6/c1-9-4-6-12-7-5-10(2)11(3)13(12)8-9;1-2/h4-6,8H,3,7H2,1-2H3;1-2H3. The largest absolute Gasteiger partial charge is 0.0909 e. The molecule has 0 saturated heterocycles. The van der Waals surface area contributed by atoms with Crippen LogP contribution in [0.5, 0.6) is 0 Å². The maximum atomic E-state index is 4.11. The van der Waals surface area contributed by atoms with Crippen LogP contribution in [-0.2, 0) is 6.42 Å². The first kappa shape index (κ1) is 11.8. The van der Waals surface area contributed by atoms with E-state index in [0.717, 1.165) is 6.42 Å². The zero-order chi connectivity index (χ0) is 11.4. The van der Waals surface area contributed by atoms with E-state index in [1.165, 1.54) is 27.8 Å². The highest BCUT2D eigenvalue weighted by atomic mass is 14.2. The van der Waals surface area contributed by atoms with Gasteiger partial charge >= 0.3 is 0 Å². The van der Waals surface area contributed by atoms with E-state index in [1.54, 1.807) is 0 Å². The molecule has 0 spiro atoms. The summed E-state index contributed by atoms with van der Waals surface area (Å²) in [5.74, 6) is 0. The Balaban J connectivity index is 0.000000531. The van der Waals surface area contributed by atoms with E-state index in [1.807, 2.05) is 13.8 Å². The van der Waals surface area contributed by atoms with E-state index in [2.05, 4.69) is 44.7 Å². The second kappa shape index (κ2) is 4.97. The molecule has 0 fully saturated rings. The van der Waals surface area contributed by atoms with Crippen molar-refractivity contribution in [3.05, 3.63) is 53.1 Å². The van der Waals surface area contributed by atoms with E-state index in [9.17, 15) is 0 Å². The van der Waals surface area contributed by atoms with E-state index >= 15 is 0 Å². The number of hydrogen-bond acceptors (Lipinski definition) is 0. The van der Waals surface area contributed by atoms with Crippen LogP contribution >= 0.6 is 0 Å². The molecule has 0 aliphatic heterocycles. The maximum absolute atomic E-state index is 4.11. The lowest BCUT2D eigenvalue weighted by atomic mass is 9.88. The van der Waals surface area contributed by atoms with Crippen molar-refractivity contribution in [2.45, 2.75) is 34.1 Å². The summed E-state index contributed by atoms with van der Waals surface area (Å²) in [7, 11) is 0. The Morgan fingerprint density at radius 3 is 2.47 bits per heavy atom. The van der Waals surface area contributed by atoms with Gasteiger partial charge in [-0.2, -0.15) is 0 Å². The third-order valence-electron chi connectivity index (χ3n) is 2.69. The highest BCUT2D eigenvalue weighted by Crippen LogP contribution is 2.30. The molecule has 0 N–H and O–H groups in total. The van der Waals surface area contributed by atoms with Gasteiger partial charge < -0.3 is 0 Å². The number of benzene rings is 1. The molecule has 80 valence electrons. The van der Waals surface area contributed by atoms with Gasteiger partial charge in [-0.15, -0.1) is 0 Å². The Bertz CT molecular complexity index is 394. The van der Waals surface area contributed by atoms with Crippen molar-refractivity contribution in [2.75, 3.05) is 0 Å². The molecule has 15 heavy (non-hydrogen) atoms. The minimum atomic E-state index is 1.06. The first-order valence-electron chi connectivity index (χ1n) is 5.64. The van der Waals surface area contributed by atoms with Crippen molar-refractivity contribution in [3.63, 3.8) is 0 Å². The first-order valence-corrected chi connectivity index (χ1v) is 5.64. The third-order valence-corrected chi connectivity index (χ3v) is 2.69. The smallest absolute Gasteiger partial charge is 0.00854 e. The second-order valence-electron chi connectivity index (χ2n) is 3.73. The number of allylic oxidation sites excluding steroid dienone is 3. The summed E-state index contributed by atoms with van der Waals surface area (Å²) < 4.78 is 0. The van der Waals surface area contributed by atoms with Gasteiger partial charge in [0.15, 0.2) is 0 Å². The summed E-state index contributed by atoms with van der Waals surface area (Å²) in [6, 6.07) is 6.60. The van der Waals surface area contributed by atoms with Crippen molar-refractivity contribution in [3.8, 4) is 0 Å². The lowest BCUT2D eigenvalue weighted by molar-refractivity contribution is 1.18. The van der Waals surface area contributed by atoms with E-state index in [4.69, 9.17) is 0 Å². The van der Waals surface area contributed by atoms with Crippen LogP contribution in [0.2, 0.25) is 0 Å². The Morgan fingerprint density at radius 2 is 1.80 bits per heavy atom. The fourth-order valence-electron chi connectivity index (χ4n) is 1.75. The van der Waals surface area contributed by atoms with Crippen LogP contribution in [0.15, 0.2) is 36.4 Å². The summed E-state index contributed by atoms with van der Waals surface area (Å²) in [5.41, 5.74) is 6.55. The average molecular weight is 200 g/mol. The minimum absolute atomic E-state index is 1.06. The lowest BCUT2D eigenvalue weighted by Gasteiger charge is -2.17. The molecule has 0 aromatic heterocycles. The minimum Gasteiger partial charge on any atom is -0.0909 e. The first-order chi connectivity index (χ1) is 7.18. The van der Waals surface area contributed by atoms with Gasteiger partial charge in [-0.25, -0.2) is 0 Å². The van der Waals surface area contributed by atoms with Crippen molar-refractivity contribution >= 4 is 5.57 Å². The number of aryl methyl sites for hydroxylation is 1. The van der Waals surface area contributed by atoms with Crippen LogP contribution in [0.1, 0.15) is 37.5 Å². The van der Waals surface area contributed by atoms with Crippen molar-refractivity contribution in [2.24, 2.45) is 0 Å². The molecule has 0 saturated carbocycles. The highest BCUT2D eigenvalue weighted by molar-refractivity contribution is 5.80. The van der Waals surface area contributed by atoms with E-state index < -0.39 is 0 Å². The topological polar surface area (TPSA) is 0 Å². The quantitative estimate of drug-likeness (QED) is 0.577. The van der Waals surface area contributed by atoms with Crippen LogP contribution in [0.3, 0.4) is 0 Å². The SMILES string of the molecule is C=C1C(C)=CCc2ccc(C)cc21.CC. The predicted octanol–water partition coefficient (Wildman–Crippen LogP) is 4.54. The third kappa shape index (κ3) is 2.38. The Labute approximate surface area is 93.3 Å². The van der Waals surface area contributed by atoms with E-state index in [-0.39, 0.29) is 0 Å². The summed E-state index contributed by atoms with van der Waals surface area (Å²) in [6.07, 6.45) is 3.31. The number of fused-ring (bicyclic) bond motifs is 1. The molecule has 1 aliphatic rings. The lowest BCUT2D eigenvalue weighted by Crippen LogP contribution is -1.99. The van der Waals surface area contributed by atoms with Gasteiger partial charge in [0.1, 0.15) is 0 Å². The zero-order valence-electron chi connectivity index (χ0n) is 10.2. The van der Waals surface area contributed by atoms with Crippen molar-refractivity contribution in [1.82, 2.24) is 0 Å². The second-order valence-corrected chi connectivity index (χ2v) is 3.73. The van der Waals surface area contributed by atoms with Gasteiger partial charge in [-0.3, -0.25) is 0 Å². The average Bonchev–Trinajstić information content (AvgIpc) is 2.27. The molecule has 0 nitrogen and oxygen atoms in total. The van der Waals surface area contributed by atoms with Crippen molar-refractivity contribution in [1.29, 1.82) is 0 Å². The monoisotopic (exact) mass is 200 g/mol. The van der Waals surface area contributed by atoms with Crippen molar-refractivity contribution < 1.29 is 0 Å². The molecule has 0 unspecified atom stereocenters. The maximum Gasteiger partial charge on any atom is -0.00854 e. The van der Waals surface area contributed by atoms with E-state index in [0.29, 0.717) is 0 Å². The summed E-state index contributed by atoms with van der Waals surface area (Å²) in [4.78, 5) is 0. The predicted molar refractivity (Wildman–Crippen MR) is 69.0 cm³/mol. The number of hydrogen-bond donors (Lipinski definition) is 0. The molecule has 2 rings (SSSR count). The van der Waals surface area contributed by atoms with Gasteiger partial charge in [-0.05, 0) is 42.5 Å². The van der Waals surface area contributed by atoms with Crippen LogP contribution < -0.4 is 0 Å². The molecule has 0 atom stereocenters. The van der Waals surface area contributed by atoms with Gasteiger partial charge in [0, 0.05) is 0 Å². The van der Waals surface area contributed by atoms with Crippen LogP contribution in [0, 0.1) is 6.92 Å². The molecule has 1 aromatic carbocycles. The number of rotatable bonds is 0. The normalized spacial score (nSPS) is 13.6. The van der Waals surface area contributed by atoms with Gasteiger partial charge in [-0.1, -0.05) is 50.3 Å². The molecule has 0 radical (unpaired) electrons. The fraction of sp³-hybridized carbons (Fsp3) is 0.333. The summed E-state index contributed by atoms with van der Waals surface area (Å²) in [5, 5.41) is 0. The zero-order valence-corrected chi connectivity index (χ0v) is 10.2. The molecule has 0 heterocycles. The highest BCUT2D eigenvalue weighted by Gasteiger charge is 2.11. The molecular formula is C15H20. The summed E-state index contributed by atoms with van der Waals surface area (Å²) in [6.45, 7) is 12.4. The molecule has 1 aliphatic carbocycles. The van der Waals surface area contributed by atoms with Gasteiger partial charge in [0.25, 0.3) is 0 Å². The molecule has 0 heteroatoms. The summed E-state index contributed by atoms with van der Waals surface area (Å²) >= 11 is 0. The fourth-order valence-corrected chi connectivity index (χ4v) is 1.75. The van der Waals surface area contributed by atoms with Crippen LogP contribution in [-0.4, -0.2) is 0 Å². The molecule has 0 bridgehead atoms. The van der Waals surface area contributed by atoms with Crippen LogP contribution in [0.25, 0.3) is 5.57 Å². The Morgan fingerprint density at radius 1 is 1.13 bits per heavy atom. The Hall–Kier alpha value is -1.30. The molecular weight excluding hydrogens is 180 g/mol. The van der Waals surface area contributed by atoms with Crippen LogP contribution in [0.4, 0.5) is 0 Å². The van der Waals surface area contributed by atoms with Gasteiger partial charge in [0.05, 0.1) is 0 Å². The Kier molecular flexibility index (Phi) is 3.90. The van der Waals surface area contributed by atoms with Gasteiger partial charge in [0.2, 0.25) is 0 Å². The molecule has 0 amide bonds. The molecule has 1 aromatic rings.